The highest BCUT2D eigenvalue weighted by atomic mass is 32.2. The molecule has 1 fully saturated rings. The van der Waals surface area contributed by atoms with E-state index in [1.165, 1.54) is 31.0 Å². The Morgan fingerprint density at radius 3 is 2.40 bits per heavy atom. The number of carbonyl (C=O) groups excluding carboxylic acids is 1. The first-order valence-corrected chi connectivity index (χ1v) is 11.2. The number of anilines is 3. The third-order valence-electron chi connectivity index (χ3n) is 4.89. The lowest BCUT2D eigenvalue weighted by Gasteiger charge is -2.17. The topological polar surface area (TPSA) is 91.4 Å². The average Bonchev–Trinajstić information content (AvgIpc) is 3.30. The number of amides is 1. The lowest BCUT2D eigenvalue weighted by Crippen LogP contribution is -2.18. The van der Waals surface area contributed by atoms with E-state index in [-0.39, 0.29) is 10.8 Å². The van der Waals surface area contributed by atoms with E-state index in [9.17, 15) is 13.2 Å². The summed E-state index contributed by atoms with van der Waals surface area (Å²) in [6.45, 7) is 2.05. The maximum Gasteiger partial charge on any atom is 0.261 e. The van der Waals surface area contributed by atoms with Crippen LogP contribution in [-0.4, -0.2) is 32.4 Å². The number of aromatic nitrogens is 1. The molecule has 0 saturated carbocycles. The van der Waals surface area contributed by atoms with Crippen molar-refractivity contribution in [3.63, 3.8) is 0 Å². The number of pyridine rings is 1. The van der Waals surface area contributed by atoms with Crippen molar-refractivity contribution >= 4 is 33.1 Å². The van der Waals surface area contributed by atoms with Gasteiger partial charge in [0, 0.05) is 24.3 Å². The van der Waals surface area contributed by atoms with E-state index in [4.69, 9.17) is 0 Å². The smallest absolute Gasteiger partial charge is 0.261 e. The molecule has 30 heavy (non-hydrogen) atoms. The number of nitrogens with zero attached hydrogens (tertiary/aromatic N) is 2. The Kier molecular flexibility index (Phi) is 5.67. The zero-order chi connectivity index (χ0) is 21.0. The molecule has 4 rings (SSSR count). The van der Waals surface area contributed by atoms with Crippen LogP contribution in [0.4, 0.5) is 17.2 Å². The summed E-state index contributed by atoms with van der Waals surface area (Å²) in [5.41, 5.74) is 1.68. The normalized spacial score (nSPS) is 13.8. The van der Waals surface area contributed by atoms with E-state index in [2.05, 4.69) is 19.9 Å². The Morgan fingerprint density at radius 2 is 1.70 bits per heavy atom. The molecule has 0 unspecified atom stereocenters. The minimum atomic E-state index is -3.73. The number of benzene rings is 2. The molecular formula is C22H22N4O3S. The number of hydrogen-bond acceptors (Lipinski definition) is 5. The van der Waals surface area contributed by atoms with Gasteiger partial charge in [-0.2, -0.15) is 0 Å². The Labute approximate surface area is 175 Å². The van der Waals surface area contributed by atoms with Gasteiger partial charge in [0.1, 0.15) is 5.82 Å². The maximum atomic E-state index is 12.6. The van der Waals surface area contributed by atoms with Gasteiger partial charge >= 0.3 is 0 Å². The van der Waals surface area contributed by atoms with E-state index >= 15 is 0 Å². The molecule has 2 aromatic carbocycles. The predicted molar refractivity (Wildman–Crippen MR) is 117 cm³/mol. The van der Waals surface area contributed by atoms with Crippen LogP contribution in [0.1, 0.15) is 23.2 Å². The van der Waals surface area contributed by atoms with Gasteiger partial charge in [-0.15, -0.1) is 0 Å². The Bertz CT molecular complexity index is 1130. The van der Waals surface area contributed by atoms with E-state index in [0.717, 1.165) is 18.8 Å². The maximum absolute atomic E-state index is 12.6. The summed E-state index contributed by atoms with van der Waals surface area (Å²) in [6.07, 6.45) is 4.12. The van der Waals surface area contributed by atoms with Crippen LogP contribution < -0.4 is 14.9 Å². The zero-order valence-corrected chi connectivity index (χ0v) is 17.1. The Hall–Kier alpha value is -3.39. The molecule has 0 aliphatic carbocycles. The summed E-state index contributed by atoms with van der Waals surface area (Å²) >= 11 is 0. The second-order valence-electron chi connectivity index (χ2n) is 7.05. The molecule has 1 aliphatic rings. The molecule has 1 aromatic heterocycles. The van der Waals surface area contributed by atoms with Gasteiger partial charge in [-0.1, -0.05) is 24.3 Å². The van der Waals surface area contributed by atoms with Gasteiger partial charge in [0.15, 0.2) is 0 Å². The standard InChI is InChI=1S/C22H22N4O3S/c27-22(24-21-12-11-19(16-23-21)26-13-4-5-14-26)17-7-6-8-18(15-17)25-30(28,29)20-9-2-1-3-10-20/h1-3,6-12,15-16,25H,4-5,13-14H2,(H,23,24,27). The van der Waals surface area contributed by atoms with Gasteiger partial charge in [0.25, 0.3) is 15.9 Å². The highest BCUT2D eigenvalue weighted by Gasteiger charge is 2.16. The quantitative estimate of drug-likeness (QED) is 0.632. The fourth-order valence-electron chi connectivity index (χ4n) is 3.35. The van der Waals surface area contributed by atoms with Crippen LogP contribution in [0.2, 0.25) is 0 Å². The SMILES string of the molecule is O=C(Nc1ccc(N2CCCC2)cn1)c1cccc(NS(=O)(=O)c2ccccc2)c1. The van der Waals surface area contributed by atoms with E-state index < -0.39 is 10.0 Å². The molecule has 1 aliphatic heterocycles. The first-order valence-electron chi connectivity index (χ1n) is 9.71. The highest BCUT2D eigenvalue weighted by molar-refractivity contribution is 7.92. The Balaban J connectivity index is 1.45. The molecule has 3 aromatic rings. The van der Waals surface area contributed by atoms with Gasteiger partial charge in [0.2, 0.25) is 0 Å². The minimum Gasteiger partial charge on any atom is -0.370 e. The van der Waals surface area contributed by atoms with Crippen molar-refractivity contribution in [1.29, 1.82) is 0 Å². The first kappa shape index (κ1) is 19.9. The van der Waals surface area contributed by atoms with E-state index in [1.54, 1.807) is 48.7 Å². The number of hydrogen-bond donors (Lipinski definition) is 2. The van der Waals surface area contributed by atoms with Crippen molar-refractivity contribution in [3.8, 4) is 0 Å². The molecule has 0 bridgehead atoms. The molecular weight excluding hydrogens is 400 g/mol. The molecule has 2 N–H and O–H groups in total. The number of sulfonamides is 1. The van der Waals surface area contributed by atoms with E-state index in [1.807, 2.05) is 6.07 Å². The summed E-state index contributed by atoms with van der Waals surface area (Å²) < 4.78 is 27.5. The summed E-state index contributed by atoms with van der Waals surface area (Å²) in [6, 6.07) is 18.1. The lowest BCUT2D eigenvalue weighted by atomic mass is 10.2. The second kappa shape index (κ2) is 8.54. The highest BCUT2D eigenvalue weighted by Crippen LogP contribution is 2.21. The fraction of sp³-hybridized carbons (Fsp3) is 0.182. The molecule has 7 nitrogen and oxygen atoms in total. The lowest BCUT2D eigenvalue weighted by molar-refractivity contribution is 0.102. The molecule has 0 radical (unpaired) electrons. The van der Waals surface area contributed by atoms with Crippen molar-refractivity contribution in [2.45, 2.75) is 17.7 Å². The van der Waals surface area contributed by atoms with Crippen LogP contribution >= 0.6 is 0 Å². The van der Waals surface area contributed by atoms with Crippen molar-refractivity contribution in [2.24, 2.45) is 0 Å². The van der Waals surface area contributed by atoms with E-state index in [0.29, 0.717) is 17.1 Å². The van der Waals surface area contributed by atoms with Crippen LogP contribution in [-0.2, 0) is 10.0 Å². The summed E-state index contributed by atoms with van der Waals surface area (Å²) in [4.78, 5) is 19.3. The summed E-state index contributed by atoms with van der Waals surface area (Å²) in [7, 11) is -3.73. The fourth-order valence-corrected chi connectivity index (χ4v) is 4.42. The number of carbonyl (C=O) groups is 1. The van der Waals surface area contributed by atoms with Gasteiger partial charge in [-0.25, -0.2) is 13.4 Å². The van der Waals surface area contributed by atoms with Gasteiger partial charge in [0.05, 0.1) is 16.8 Å². The molecule has 154 valence electrons. The molecule has 1 amide bonds. The van der Waals surface area contributed by atoms with Crippen LogP contribution in [0, 0.1) is 0 Å². The second-order valence-corrected chi connectivity index (χ2v) is 8.73. The minimum absolute atomic E-state index is 0.155. The molecule has 8 heteroatoms. The summed E-state index contributed by atoms with van der Waals surface area (Å²) in [5, 5.41) is 2.75. The van der Waals surface area contributed by atoms with Crippen LogP contribution in [0.25, 0.3) is 0 Å². The van der Waals surface area contributed by atoms with Crippen molar-refractivity contribution in [2.75, 3.05) is 28.0 Å². The van der Waals surface area contributed by atoms with Crippen molar-refractivity contribution in [3.05, 3.63) is 78.5 Å². The first-order chi connectivity index (χ1) is 14.5. The van der Waals surface area contributed by atoms with Gasteiger partial charge in [-0.05, 0) is 55.3 Å². The summed E-state index contributed by atoms with van der Waals surface area (Å²) in [5.74, 6) is 0.0791. The number of nitrogens with one attached hydrogen (secondary N) is 2. The van der Waals surface area contributed by atoms with Crippen molar-refractivity contribution in [1.82, 2.24) is 4.98 Å². The third kappa shape index (κ3) is 4.60. The Morgan fingerprint density at radius 1 is 0.933 bits per heavy atom. The van der Waals surface area contributed by atoms with Crippen LogP contribution in [0.5, 0.6) is 0 Å². The van der Waals surface area contributed by atoms with Gasteiger partial charge < -0.3 is 10.2 Å². The largest absolute Gasteiger partial charge is 0.370 e. The van der Waals surface area contributed by atoms with Crippen LogP contribution in [0.15, 0.2) is 77.8 Å². The molecule has 0 spiro atoms. The van der Waals surface area contributed by atoms with Crippen molar-refractivity contribution < 1.29 is 13.2 Å². The molecule has 0 atom stereocenters. The average molecular weight is 423 g/mol. The predicted octanol–water partition coefficient (Wildman–Crippen LogP) is 3.73. The van der Waals surface area contributed by atoms with Crippen LogP contribution in [0.3, 0.4) is 0 Å². The monoisotopic (exact) mass is 422 g/mol. The van der Waals surface area contributed by atoms with Gasteiger partial charge in [-0.3, -0.25) is 9.52 Å². The molecule has 2 heterocycles. The molecule has 1 saturated heterocycles. The third-order valence-corrected chi connectivity index (χ3v) is 6.29. The number of rotatable bonds is 6. The zero-order valence-electron chi connectivity index (χ0n) is 16.3.